The number of hydrogen-bond donors (Lipinski definition) is 2. The van der Waals surface area contributed by atoms with E-state index in [0.29, 0.717) is 10.9 Å². The topological polar surface area (TPSA) is 47.3 Å². The number of nitrogens with one attached hydrogen (secondary N) is 1. The Labute approximate surface area is 93.6 Å². The van der Waals surface area contributed by atoms with Crippen LogP contribution in [0.3, 0.4) is 0 Å². The van der Waals surface area contributed by atoms with Crippen molar-refractivity contribution in [3.05, 3.63) is 29.8 Å². The molecule has 3 nitrogen and oxygen atoms in total. The van der Waals surface area contributed by atoms with Crippen LogP contribution < -0.4 is 0 Å². The number of thioether (sulfide) groups is 1. The molecule has 0 spiro atoms. The third kappa shape index (κ3) is 2.45. The molecular formula is C11H14N2OS. The van der Waals surface area contributed by atoms with E-state index in [1.807, 2.05) is 18.2 Å². The lowest BCUT2D eigenvalue weighted by Gasteiger charge is -2.16. The summed E-state index contributed by atoms with van der Waals surface area (Å²) in [6, 6.07) is 7.40. The molecule has 0 aliphatic carbocycles. The van der Waals surface area contributed by atoms with Gasteiger partial charge in [-0.25, -0.2) is 0 Å². The Morgan fingerprint density at radius 3 is 2.87 bits per heavy atom. The quantitative estimate of drug-likeness (QED) is 0.821. The Morgan fingerprint density at radius 2 is 2.20 bits per heavy atom. The van der Waals surface area contributed by atoms with Gasteiger partial charge in [-0.3, -0.25) is 5.41 Å². The molecule has 4 heteroatoms. The monoisotopic (exact) mass is 222 g/mol. The van der Waals surface area contributed by atoms with Crippen molar-refractivity contribution in [2.75, 3.05) is 18.8 Å². The molecule has 1 aliphatic heterocycles. The third-order valence-corrected chi connectivity index (χ3v) is 3.45. The minimum absolute atomic E-state index is 0.357. The van der Waals surface area contributed by atoms with Gasteiger partial charge in [0.05, 0.1) is 0 Å². The van der Waals surface area contributed by atoms with Crippen LogP contribution >= 0.6 is 11.8 Å². The first-order valence-corrected chi connectivity index (χ1v) is 5.99. The van der Waals surface area contributed by atoms with Crippen molar-refractivity contribution in [1.82, 2.24) is 4.90 Å². The molecule has 0 saturated carbocycles. The van der Waals surface area contributed by atoms with E-state index in [0.717, 1.165) is 30.8 Å². The summed E-state index contributed by atoms with van der Waals surface area (Å²) in [5.74, 6) is 1.37. The molecule has 1 aliphatic rings. The number of nitrogens with zero attached hydrogens (tertiary/aromatic N) is 1. The molecule has 0 amide bonds. The van der Waals surface area contributed by atoms with Crippen molar-refractivity contribution in [2.45, 2.75) is 6.42 Å². The average Bonchev–Trinajstić information content (AvgIpc) is 2.63. The smallest absolute Gasteiger partial charge is 0.156 e. The van der Waals surface area contributed by atoms with Crippen LogP contribution in [-0.4, -0.2) is 34.0 Å². The molecule has 2 rings (SSSR count). The molecule has 80 valence electrons. The SMILES string of the molecule is N=C1SCCN1CCc1ccccc1O. The van der Waals surface area contributed by atoms with Crippen molar-refractivity contribution < 1.29 is 5.11 Å². The summed E-state index contributed by atoms with van der Waals surface area (Å²) in [7, 11) is 0. The highest BCUT2D eigenvalue weighted by Crippen LogP contribution is 2.19. The predicted molar refractivity (Wildman–Crippen MR) is 63.6 cm³/mol. The normalized spacial score (nSPS) is 16.0. The summed E-state index contributed by atoms with van der Waals surface area (Å²) in [5, 5.41) is 17.9. The van der Waals surface area contributed by atoms with E-state index >= 15 is 0 Å². The molecule has 0 aromatic heterocycles. The fraction of sp³-hybridized carbons (Fsp3) is 0.364. The van der Waals surface area contributed by atoms with Crippen LogP contribution in [-0.2, 0) is 6.42 Å². The second-order valence-electron chi connectivity index (χ2n) is 3.52. The number of para-hydroxylation sites is 1. The van der Waals surface area contributed by atoms with Crippen LogP contribution in [0.4, 0.5) is 0 Å². The van der Waals surface area contributed by atoms with E-state index in [4.69, 9.17) is 5.41 Å². The van der Waals surface area contributed by atoms with E-state index in [9.17, 15) is 5.11 Å². The summed E-state index contributed by atoms with van der Waals surface area (Å²) in [4.78, 5) is 2.05. The Morgan fingerprint density at radius 1 is 1.40 bits per heavy atom. The van der Waals surface area contributed by atoms with Crippen LogP contribution in [0.15, 0.2) is 24.3 Å². The lowest BCUT2D eigenvalue weighted by Crippen LogP contribution is -2.26. The maximum Gasteiger partial charge on any atom is 0.156 e. The molecule has 1 saturated heterocycles. The summed E-state index contributed by atoms with van der Waals surface area (Å²) in [6.45, 7) is 1.78. The first-order chi connectivity index (χ1) is 7.27. The Hall–Kier alpha value is -1.16. The molecule has 2 N–H and O–H groups in total. The second kappa shape index (κ2) is 4.57. The fourth-order valence-corrected chi connectivity index (χ4v) is 2.51. The van der Waals surface area contributed by atoms with E-state index < -0.39 is 0 Å². The summed E-state index contributed by atoms with van der Waals surface area (Å²) in [5.41, 5.74) is 0.960. The minimum atomic E-state index is 0.357. The number of rotatable bonds is 3. The van der Waals surface area contributed by atoms with Crippen molar-refractivity contribution in [2.24, 2.45) is 0 Å². The van der Waals surface area contributed by atoms with E-state index in [1.54, 1.807) is 17.8 Å². The molecule has 1 aromatic rings. The van der Waals surface area contributed by atoms with Crippen LogP contribution in [0.1, 0.15) is 5.56 Å². The Kier molecular flexibility index (Phi) is 3.16. The standard InChI is InChI=1S/C11H14N2OS/c12-11-13(7-8-15-11)6-5-9-3-1-2-4-10(9)14/h1-4,12,14H,5-8H2. The number of aromatic hydroxyl groups is 1. The van der Waals surface area contributed by atoms with Gasteiger partial charge in [-0.05, 0) is 18.1 Å². The van der Waals surface area contributed by atoms with Crippen molar-refractivity contribution in [3.8, 4) is 5.75 Å². The summed E-state index contributed by atoms with van der Waals surface area (Å²) in [6.07, 6.45) is 0.801. The highest BCUT2D eigenvalue weighted by molar-refractivity contribution is 8.14. The van der Waals surface area contributed by atoms with E-state index in [-0.39, 0.29) is 0 Å². The van der Waals surface area contributed by atoms with Crippen LogP contribution in [0.2, 0.25) is 0 Å². The zero-order valence-electron chi connectivity index (χ0n) is 8.44. The fourth-order valence-electron chi connectivity index (χ4n) is 1.64. The molecule has 1 fully saturated rings. The number of benzene rings is 1. The van der Waals surface area contributed by atoms with Gasteiger partial charge >= 0.3 is 0 Å². The summed E-state index contributed by atoms with van der Waals surface area (Å²) < 4.78 is 0. The minimum Gasteiger partial charge on any atom is -0.508 e. The molecule has 1 heterocycles. The lowest BCUT2D eigenvalue weighted by molar-refractivity contribution is 0.443. The van der Waals surface area contributed by atoms with Crippen molar-refractivity contribution >= 4 is 16.9 Å². The van der Waals surface area contributed by atoms with Gasteiger partial charge in [-0.15, -0.1) is 0 Å². The van der Waals surface area contributed by atoms with Gasteiger partial charge in [0.2, 0.25) is 0 Å². The summed E-state index contributed by atoms with van der Waals surface area (Å²) >= 11 is 1.59. The van der Waals surface area contributed by atoms with Crippen LogP contribution in [0, 0.1) is 5.41 Å². The van der Waals surface area contributed by atoms with Crippen LogP contribution in [0.5, 0.6) is 5.75 Å². The molecule has 0 bridgehead atoms. The van der Waals surface area contributed by atoms with Gasteiger partial charge in [-0.2, -0.15) is 0 Å². The maximum absolute atomic E-state index is 9.57. The second-order valence-corrected chi connectivity index (χ2v) is 4.60. The van der Waals surface area contributed by atoms with Gasteiger partial charge in [0.1, 0.15) is 5.75 Å². The molecule has 1 aromatic carbocycles. The van der Waals surface area contributed by atoms with Crippen molar-refractivity contribution in [3.63, 3.8) is 0 Å². The molecule has 0 unspecified atom stereocenters. The van der Waals surface area contributed by atoms with E-state index in [1.165, 1.54) is 0 Å². The van der Waals surface area contributed by atoms with E-state index in [2.05, 4.69) is 4.90 Å². The van der Waals surface area contributed by atoms with Gasteiger partial charge in [0, 0.05) is 18.8 Å². The highest BCUT2D eigenvalue weighted by atomic mass is 32.2. The number of hydrogen-bond acceptors (Lipinski definition) is 3. The number of phenolic OH excluding ortho intramolecular Hbond substituents is 1. The maximum atomic E-state index is 9.57. The van der Waals surface area contributed by atoms with Gasteiger partial charge in [0.15, 0.2) is 5.17 Å². The Bertz CT molecular complexity index is 367. The first kappa shape index (κ1) is 10.4. The number of amidine groups is 1. The molecule has 15 heavy (non-hydrogen) atoms. The average molecular weight is 222 g/mol. The highest BCUT2D eigenvalue weighted by Gasteiger charge is 2.17. The lowest BCUT2D eigenvalue weighted by atomic mass is 10.1. The first-order valence-electron chi connectivity index (χ1n) is 5.00. The zero-order valence-corrected chi connectivity index (χ0v) is 9.26. The molecule has 0 radical (unpaired) electrons. The number of phenols is 1. The van der Waals surface area contributed by atoms with Gasteiger partial charge in [0.25, 0.3) is 0 Å². The molecule has 0 atom stereocenters. The third-order valence-electron chi connectivity index (χ3n) is 2.53. The zero-order chi connectivity index (χ0) is 10.7. The largest absolute Gasteiger partial charge is 0.508 e. The Balaban J connectivity index is 1.93. The predicted octanol–water partition coefficient (Wildman–Crippen LogP) is 1.92. The van der Waals surface area contributed by atoms with Crippen molar-refractivity contribution in [1.29, 1.82) is 5.41 Å². The molecular weight excluding hydrogens is 208 g/mol. The van der Waals surface area contributed by atoms with Gasteiger partial charge in [-0.1, -0.05) is 30.0 Å². The van der Waals surface area contributed by atoms with Gasteiger partial charge < -0.3 is 10.0 Å². The van der Waals surface area contributed by atoms with Crippen LogP contribution in [0.25, 0.3) is 0 Å².